The van der Waals surface area contributed by atoms with Crippen LogP contribution in [0, 0.1) is 0 Å². The third-order valence-corrected chi connectivity index (χ3v) is 6.31. The van der Waals surface area contributed by atoms with Crippen molar-refractivity contribution >= 4 is 50.2 Å². The number of nitrogens with zero attached hydrogens (tertiary/aromatic N) is 2. The minimum Gasteiger partial charge on any atom is -0.481 e. The van der Waals surface area contributed by atoms with Crippen LogP contribution < -0.4 is 0 Å². The summed E-state index contributed by atoms with van der Waals surface area (Å²) in [5.41, 5.74) is 1.20. The van der Waals surface area contributed by atoms with Crippen molar-refractivity contribution in [1.29, 1.82) is 0 Å². The highest BCUT2D eigenvalue weighted by Gasteiger charge is 2.25. The van der Waals surface area contributed by atoms with E-state index >= 15 is 0 Å². The Kier molecular flexibility index (Phi) is 5.22. The summed E-state index contributed by atoms with van der Waals surface area (Å²) in [4.78, 5) is 14.9. The average molecular weight is 413 g/mol. The molecule has 0 amide bonds. The van der Waals surface area contributed by atoms with Crippen molar-refractivity contribution in [2.75, 3.05) is 0 Å². The molecule has 1 N–H and O–H groups in total. The zero-order valence-corrected chi connectivity index (χ0v) is 15.7. The summed E-state index contributed by atoms with van der Waals surface area (Å²) in [5, 5.41) is 9.18. The SMILES string of the molecule is O=C(O)CCCc1cc2nc(Cl)ccc2n1S(=O)(=O)c1ccccc1Cl. The van der Waals surface area contributed by atoms with Crippen LogP contribution >= 0.6 is 23.2 Å². The molecule has 0 aliphatic carbocycles. The number of aromatic nitrogens is 2. The van der Waals surface area contributed by atoms with Crippen LogP contribution in [0.4, 0.5) is 0 Å². The summed E-state index contributed by atoms with van der Waals surface area (Å²) in [5.74, 6) is -0.942. The summed E-state index contributed by atoms with van der Waals surface area (Å²) in [6, 6.07) is 10.8. The van der Waals surface area contributed by atoms with E-state index in [0.717, 1.165) is 3.97 Å². The molecule has 0 saturated heterocycles. The number of pyridine rings is 1. The minimum absolute atomic E-state index is 0.0337. The monoisotopic (exact) mass is 412 g/mol. The number of carboxylic acid groups (broad SMARTS) is 1. The lowest BCUT2D eigenvalue weighted by molar-refractivity contribution is -0.137. The smallest absolute Gasteiger partial charge is 0.303 e. The molecule has 3 aromatic rings. The van der Waals surface area contributed by atoms with Crippen molar-refractivity contribution < 1.29 is 18.3 Å². The molecule has 9 heteroatoms. The molecule has 0 aliphatic rings. The van der Waals surface area contributed by atoms with E-state index in [-0.39, 0.29) is 34.3 Å². The summed E-state index contributed by atoms with van der Waals surface area (Å²) in [7, 11) is -3.99. The van der Waals surface area contributed by atoms with Gasteiger partial charge in [0.25, 0.3) is 10.0 Å². The Morgan fingerprint density at radius 2 is 1.88 bits per heavy atom. The van der Waals surface area contributed by atoms with Crippen LogP contribution in [0.5, 0.6) is 0 Å². The first-order valence-corrected chi connectivity index (χ1v) is 9.89. The zero-order chi connectivity index (χ0) is 18.9. The van der Waals surface area contributed by atoms with Crippen molar-refractivity contribution in [3.05, 3.63) is 58.3 Å². The highest BCUT2D eigenvalue weighted by molar-refractivity contribution is 7.90. The fraction of sp³-hybridized carbons (Fsp3) is 0.176. The highest BCUT2D eigenvalue weighted by atomic mass is 35.5. The van der Waals surface area contributed by atoms with E-state index in [1.807, 2.05) is 0 Å². The molecule has 0 unspecified atom stereocenters. The quantitative estimate of drug-likeness (QED) is 0.618. The Hall–Kier alpha value is -2.09. The topological polar surface area (TPSA) is 89.3 Å². The van der Waals surface area contributed by atoms with Gasteiger partial charge in [-0.15, -0.1) is 0 Å². The molecule has 136 valence electrons. The van der Waals surface area contributed by atoms with Gasteiger partial charge in [0.1, 0.15) is 10.0 Å². The van der Waals surface area contributed by atoms with Crippen LogP contribution in [0.15, 0.2) is 47.4 Å². The maximum absolute atomic E-state index is 13.2. The van der Waals surface area contributed by atoms with E-state index < -0.39 is 16.0 Å². The Bertz CT molecular complexity index is 1090. The number of rotatable bonds is 6. The number of carbonyl (C=O) groups is 1. The van der Waals surface area contributed by atoms with Crippen LogP contribution in [0.1, 0.15) is 18.5 Å². The molecular weight excluding hydrogens is 399 g/mol. The van der Waals surface area contributed by atoms with E-state index in [1.54, 1.807) is 24.3 Å². The fourth-order valence-corrected chi connectivity index (χ4v) is 4.93. The van der Waals surface area contributed by atoms with Crippen LogP contribution in [-0.2, 0) is 21.2 Å². The predicted octanol–water partition coefficient (Wildman–Crippen LogP) is 3.99. The summed E-state index contributed by atoms with van der Waals surface area (Å²) in [6.07, 6.45) is 0.475. The molecule has 0 spiro atoms. The van der Waals surface area contributed by atoms with Gasteiger partial charge in [-0.25, -0.2) is 17.4 Å². The number of fused-ring (bicyclic) bond motifs is 1. The van der Waals surface area contributed by atoms with Gasteiger partial charge in [-0.05, 0) is 43.2 Å². The van der Waals surface area contributed by atoms with Gasteiger partial charge in [-0.3, -0.25) is 4.79 Å². The lowest BCUT2D eigenvalue weighted by atomic mass is 10.2. The lowest BCUT2D eigenvalue weighted by Crippen LogP contribution is -2.16. The average Bonchev–Trinajstić information content (AvgIpc) is 2.92. The molecule has 3 rings (SSSR count). The molecule has 1 aromatic carbocycles. The van der Waals surface area contributed by atoms with Gasteiger partial charge in [0.2, 0.25) is 0 Å². The van der Waals surface area contributed by atoms with Gasteiger partial charge in [0, 0.05) is 12.1 Å². The molecule has 0 bridgehead atoms. The summed E-state index contributed by atoms with van der Waals surface area (Å²) >= 11 is 12.0. The second kappa shape index (κ2) is 7.26. The van der Waals surface area contributed by atoms with Gasteiger partial charge in [-0.1, -0.05) is 35.3 Å². The third kappa shape index (κ3) is 3.56. The van der Waals surface area contributed by atoms with Gasteiger partial charge in [-0.2, -0.15) is 0 Å². The first kappa shape index (κ1) is 18.7. The highest BCUT2D eigenvalue weighted by Crippen LogP contribution is 2.30. The van der Waals surface area contributed by atoms with E-state index in [9.17, 15) is 13.2 Å². The maximum Gasteiger partial charge on any atom is 0.303 e. The van der Waals surface area contributed by atoms with Crippen LogP contribution in [0.2, 0.25) is 10.2 Å². The molecule has 0 radical (unpaired) electrons. The molecule has 2 aromatic heterocycles. The van der Waals surface area contributed by atoms with Gasteiger partial charge in [0.05, 0.1) is 16.1 Å². The van der Waals surface area contributed by atoms with E-state index in [2.05, 4.69) is 4.98 Å². The largest absolute Gasteiger partial charge is 0.481 e. The number of carboxylic acids is 1. The molecule has 6 nitrogen and oxygen atoms in total. The second-order valence-electron chi connectivity index (χ2n) is 5.62. The molecule has 2 heterocycles. The Labute approximate surface area is 160 Å². The molecule has 26 heavy (non-hydrogen) atoms. The minimum atomic E-state index is -3.99. The van der Waals surface area contributed by atoms with Crippen molar-refractivity contribution in [2.24, 2.45) is 0 Å². The predicted molar refractivity (Wildman–Crippen MR) is 99.4 cm³/mol. The van der Waals surface area contributed by atoms with Crippen molar-refractivity contribution in [1.82, 2.24) is 8.96 Å². The number of hydrogen-bond acceptors (Lipinski definition) is 4. The number of aliphatic carboxylic acids is 1. The normalized spacial score (nSPS) is 11.8. The Balaban J connectivity index is 2.19. The molecule has 0 atom stereocenters. The summed E-state index contributed by atoms with van der Waals surface area (Å²) < 4.78 is 27.6. The van der Waals surface area contributed by atoms with Gasteiger partial charge >= 0.3 is 5.97 Å². The number of benzene rings is 1. The molecular formula is C17H14Cl2N2O4S. The van der Waals surface area contributed by atoms with Crippen molar-refractivity contribution in [2.45, 2.75) is 24.2 Å². The van der Waals surface area contributed by atoms with Crippen LogP contribution in [0.3, 0.4) is 0 Å². The maximum atomic E-state index is 13.2. The van der Waals surface area contributed by atoms with Crippen molar-refractivity contribution in [3.8, 4) is 0 Å². The molecule has 0 saturated carbocycles. The number of hydrogen-bond donors (Lipinski definition) is 1. The second-order valence-corrected chi connectivity index (χ2v) is 8.17. The summed E-state index contributed by atoms with van der Waals surface area (Å²) in [6.45, 7) is 0. The molecule has 0 aliphatic heterocycles. The van der Waals surface area contributed by atoms with Gasteiger partial charge < -0.3 is 5.11 Å². The van der Waals surface area contributed by atoms with Crippen LogP contribution in [-0.4, -0.2) is 28.5 Å². The number of halogens is 2. The first-order valence-electron chi connectivity index (χ1n) is 7.69. The molecule has 0 fully saturated rings. The third-order valence-electron chi connectivity index (χ3n) is 3.83. The fourth-order valence-electron chi connectivity index (χ4n) is 2.72. The lowest BCUT2D eigenvalue weighted by Gasteiger charge is -2.13. The standard InChI is InChI=1S/C17H14Cl2N2O4S/c18-12-5-1-2-6-15(12)26(24,25)21-11(4-3-7-17(22)23)10-13-14(21)8-9-16(19)20-13/h1-2,5-6,8-10H,3-4,7H2,(H,22,23). The van der Waals surface area contributed by atoms with Crippen LogP contribution in [0.25, 0.3) is 11.0 Å². The van der Waals surface area contributed by atoms with E-state index in [4.69, 9.17) is 28.3 Å². The number of aryl methyl sites for hydroxylation is 1. The first-order chi connectivity index (χ1) is 12.3. The Morgan fingerprint density at radius 3 is 2.58 bits per heavy atom. The van der Waals surface area contributed by atoms with Gasteiger partial charge in [0.15, 0.2) is 0 Å². The Morgan fingerprint density at radius 1 is 1.15 bits per heavy atom. The van der Waals surface area contributed by atoms with Crippen molar-refractivity contribution in [3.63, 3.8) is 0 Å². The van der Waals surface area contributed by atoms with E-state index in [1.165, 1.54) is 18.2 Å². The zero-order valence-electron chi connectivity index (χ0n) is 13.4. The van der Waals surface area contributed by atoms with E-state index in [0.29, 0.717) is 16.7 Å².